The molecule has 0 spiro atoms. The summed E-state index contributed by atoms with van der Waals surface area (Å²) in [7, 11) is -2.35. The maximum atomic E-state index is 13.7. The molecule has 0 saturated heterocycles. The first-order chi connectivity index (χ1) is 19.5. The van der Waals surface area contributed by atoms with E-state index in [-0.39, 0.29) is 59.6 Å². The molecule has 224 valence electrons. The van der Waals surface area contributed by atoms with E-state index >= 15 is 0 Å². The molecule has 1 saturated carbocycles. The largest absolute Gasteiger partial charge is 0.487 e. The van der Waals surface area contributed by atoms with E-state index in [0.29, 0.717) is 0 Å². The highest BCUT2D eigenvalue weighted by Crippen LogP contribution is 2.31. The summed E-state index contributed by atoms with van der Waals surface area (Å²) in [5.74, 6) is -0.931. The Balaban J connectivity index is 1.59. The number of urea groups is 1. The number of hydrogen-bond donors (Lipinski definition) is 3. The van der Waals surface area contributed by atoms with Gasteiger partial charge in [0.15, 0.2) is 0 Å². The predicted octanol–water partition coefficient (Wildman–Crippen LogP) is 3.82. The third-order valence-corrected chi connectivity index (χ3v) is 9.17. The lowest BCUT2D eigenvalue weighted by molar-refractivity contribution is 0.0366. The Morgan fingerprint density at radius 2 is 1.85 bits per heavy atom. The number of nitrogens with zero attached hydrogens (tertiary/aromatic N) is 2. The summed E-state index contributed by atoms with van der Waals surface area (Å²) in [6.07, 6.45) is 4.83. The zero-order valence-corrected chi connectivity index (χ0v) is 24.5. The number of sulfonamides is 1. The number of fused-ring (bicyclic) bond motifs is 1. The van der Waals surface area contributed by atoms with Gasteiger partial charge in [-0.2, -0.15) is 0 Å². The average molecular weight is 591 g/mol. The number of hydrogen-bond acceptors (Lipinski definition) is 6. The smallest absolute Gasteiger partial charge is 0.317 e. The molecule has 1 heterocycles. The molecule has 3 amide bonds. The first-order valence-electron chi connectivity index (χ1n) is 14.0. The zero-order chi connectivity index (χ0) is 29.7. The molecule has 4 rings (SSSR count). The molecule has 1 fully saturated rings. The first-order valence-corrected chi connectivity index (χ1v) is 15.5. The van der Waals surface area contributed by atoms with E-state index in [4.69, 9.17) is 4.74 Å². The molecule has 41 heavy (non-hydrogen) atoms. The van der Waals surface area contributed by atoms with E-state index in [9.17, 15) is 27.5 Å². The quantitative estimate of drug-likeness (QED) is 0.429. The van der Waals surface area contributed by atoms with Gasteiger partial charge < -0.3 is 25.0 Å². The topological polar surface area (TPSA) is 128 Å². The van der Waals surface area contributed by atoms with E-state index in [0.717, 1.165) is 49.9 Å². The van der Waals surface area contributed by atoms with Crippen molar-refractivity contribution in [2.45, 2.75) is 69.0 Å². The Morgan fingerprint density at radius 1 is 1.17 bits per heavy atom. The Bertz CT molecular complexity index is 1330. The van der Waals surface area contributed by atoms with Crippen molar-refractivity contribution in [2.24, 2.45) is 5.92 Å². The van der Waals surface area contributed by atoms with Gasteiger partial charge in [-0.15, -0.1) is 0 Å². The van der Waals surface area contributed by atoms with Crippen LogP contribution in [0.4, 0.5) is 14.9 Å². The molecule has 0 aromatic heterocycles. The number of ether oxygens (including phenoxy) is 1. The maximum Gasteiger partial charge on any atom is 0.317 e. The van der Waals surface area contributed by atoms with Crippen LogP contribution in [-0.2, 0) is 10.0 Å². The van der Waals surface area contributed by atoms with Crippen LogP contribution in [0.3, 0.4) is 0 Å². The van der Waals surface area contributed by atoms with Crippen LogP contribution in [0, 0.1) is 11.7 Å². The Kier molecular flexibility index (Phi) is 9.75. The lowest BCUT2D eigenvalue weighted by atomic mass is 9.96. The monoisotopic (exact) mass is 590 g/mol. The van der Waals surface area contributed by atoms with E-state index in [2.05, 4.69) is 10.0 Å². The van der Waals surface area contributed by atoms with Gasteiger partial charge in [0.1, 0.15) is 17.7 Å². The molecule has 3 atom stereocenters. The number of benzene rings is 2. The van der Waals surface area contributed by atoms with Gasteiger partial charge in [-0.25, -0.2) is 17.6 Å². The van der Waals surface area contributed by atoms with Crippen LogP contribution in [-0.4, -0.2) is 80.2 Å². The van der Waals surface area contributed by atoms with E-state index in [1.54, 1.807) is 23.8 Å². The fraction of sp³-hybridized carbons (Fsp3) is 0.517. The number of nitrogens with one attached hydrogen (secondary N) is 2. The number of carbonyl (C=O) groups is 2. The Hall–Kier alpha value is -3.38. The highest BCUT2D eigenvalue weighted by molar-refractivity contribution is 7.92. The van der Waals surface area contributed by atoms with Gasteiger partial charge in [0.25, 0.3) is 15.9 Å². The number of amides is 3. The molecule has 10 nitrogen and oxygen atoms in total. The highest BCUT2D eigenvalue weighted by Gasteiger charge is 2.34. The van der Waals surface area contributed by atoms with Crippen molar-refractivity contribution in [3.05, 3.63) is 53.8 Å². The van der Waals surface area contributed by atoms with Gasteiger partial charge in [-0.1, -0.05) is 26.2 Å². The maximum absolute atomic E-state index is 13.7. The van der Waals surface area contributed by atoms with Gasteiger partial charge in [-0.05, 0) is 62.2 Å². The summed E-state index contributed by atoms with van der Waals surface area (Å²) < 4.78 is 47.9. The van der Waals surface area contributed by atoms with Crippen molar-refractivity contribution in [2.75, 3.05) is 31.5 Å². The van der Waals surface area contributed by atoms with Crippen LogP contribution in [0.1, 0.15) is 56.3 Å². The molecule has 2 aliphatic rings. The molecule has 0 bridgehead atoms. The minimum absolute atomic E-state index is 0.121. The van der Waals surface area contributed by atoms with Crippen LogP contribution in [0.2, 0.25) is 0 Å². The molecule has 3 N–H and O–H groups in total. The summed E-state index contributed by atoms with van der Waals surface area (Å²) in [6, 6.07) is 8.26. The fourth-order valence-electron chi connectivity index (χ4n) is 5.22. The van der Waals surface area contributed by atoms with Crippen molar-refractivity contribution in [3.8, 4) is 5.75 Å². The van der Waals surface area contributed by atoms with Gasteiger partial charge in [0.2, 0.25) is 0 Å². The molecular weight excluding hydrogens is 551 g/mol. The van der Waals surface area contributed by atoms with Crippen LogP contribution < -0.4 is 14.8 Å². The van der Waals surface area contributed by atoms with Crippen LogP contribution in [0.5, 0.6) is 5.75 Å². The fourth-order valence-corrected chi connectivity index (χ4v) is 6.27. The van der Waals surface area contributed by atoms with Crippen molar-refractivity contribution >= 4 is 27.6 Å². The third kappa shape index (κ3) is 7.48. The second kappa shape index (κ2) is 13.1. The van der Waals surface area contributed by atoms with E-state index < -0.39 is 33.9 Å². The van der Waals surface area contributed by atoms with Crippen LogP contribution >= 0.6 is 0 Å². The molecule has 0 radical (unpaired) electrons. The van der Waals surface area contributed by atoms with Crippen molar-refractivity contribution in [1.29, 1.82) is 0 Å². The number of halogens is 1. The second-order valence-electron chi connectivity index (χ2n) is 11.1. The summed E-state index contributed by atoms with van der Waals surface area (Å²) >= 11 is 0. The molecule has 2 aromatic rings. The second-order valence-corrected chi connectivity index (χ2v) is 12.7. The highest BCUT2D eigenvalue weighted by atomic mass is 32.2. The molecule has 2 aromatic carbocycles. The Morgan fingerprint density at radius 3 is 2.51 bits per heavy atom. The number of aliphatic hydroxyl groups excluding tert-OH is 1. The molecule has 0 unspecified atom stereocenters. The lowest BCUT2D eigenvalue weighted by Gasteiger charge is -2.38. The van der Waals surface area contributed by atoms with Crippen LogP contribution in [0.15, 0.2) is 47.4 Å². The number of likely N-dealkylation sites (N-methyl/N-ethyl adjacent to an activating group) is 1. The van der Waals surface area contributed by atoms with Gasteiger partial charge >= 0.3 is 6.03 Å². The van der Waals surface area contributed by atoms with E-state index in [1.807, 2.05) is 6.92 Å². The summed E-state index contributed by atoms with van der Waals surface area (Å²) in [5, 5.41) is 13.0. The minimum atomic E-state index is -4.06. The molecular formula is C29H39FN4O6S. The zero-order valence-electron chi connectivity index (χ0n) is 23.7. The number of aliphatic hydroxyl groups is 1. The summed E-state index contributed by atoms with van der Waals surface area (Å²) in [4.78, 5) is 29.6. The van der Waals surface area contributed by atoms with Gasteiger partial charge in [-0.3, -0.25) is 9.52 Å². The number of carbonyl (C=O) groups excluding carboxylic acids is 2. The van der Waals surface area contributed by atoms with Crippen molar-refractivity contribution < 1.29 is 32.2 Å². The Labute approximate surface area is 240 Å². The molecule has 1 aliphatic carbocycles. The molecule has 1 aliphatic heterocycles. The lowest BCUT2D eigenvalue weighted by Crippen LogP contribution is -2.52. The molecule has 12 heteroatoms. The van der Waals surface area contributed by atoms with E-state index in [1.165, 1.54) is 24.6 Å². The third-order valence-electron chi connectivity index (χ3n) is 7.77. The van der Waals surface area contributed by atoms with Crippen molar-refractivity contribution in [3.63, 3.8) is 0 Å². The van der Waals surface area contributed by atoms with Crippen molar-refractivity contribution in [1.82, 2.24) is 15.1 Å². The summed E-state index contributed by atoms with van der Waals surface area (Å²) in [6.45, 7) is 3.91. The minimum Gasteiger partial charge on any atom is -0.487 e. The SMILES string of the molecule is C[C@H]1CN([C@@H](C)CO)C(=O)c2cc(NS(=O)(=O)c3ccc(F)cc3)ccc2O[C@H]1CN(C)C(=O)NC1CCCCC1. The number of rotatable bonds is 8. The normalized spacial score (nSPS) is 20.7. The predicted molar refractivity (Wildman–Crippen MR) is 153 cm³/mol. The van der Waals surface area contributed by atoms with Gasteiger partial charge in [0, 0.05) is 31.2 Å². The number of anilines is 1. The average Bonchev–Trinajstić information content (AvgIpc) is 2.95. The summed E-state index contributed by atoms with van der Waals surface area (Å²) in [5.41, 5.74) is 0.242. The van der Waals surface area contributed by atoms with Crippen LogP contribution in [0.25, 0.3) is 0 Å². The first kappa shape index (κ1) is 30.6. The standard InChI is InChI=1S/C29H39FN4O6S/c1-19-16-34(20(2)18-35)28(36)25-15-23(32-41(38,39)24-12-9-21(30)10-13-24)11-14-26(25)40-27(19)17-33(3)29(37)31-22-7-5-4-6-8-22/h9-15,19-20,22,27,32,35H,4-8,16-18H2,1-3H3,(H,31,37)/t19-,20-,27-/m0/s1. The van der Waals surface area contributed by atoms with Gasteiger partial charge in [0.05, 0.1) is 29.7 Å².